The Morgan fingerprint density at radius 1 is 1.41 bits per heavy atom. The molecule has 5 nitrogen and oxygen atoms in total. The van der Waals surface area contributed by atoms with Crippen LogP contribution in [-0.4, -0.2) is 42.1 Å². The Bertz CT molecular complexity index is 904. The SMILES string of the molecule is C#C[C@H]1CN2CC[C@H]1C[C@@H]2[C@@H](OC(C)=O)c1ccnc2ccc(OC)cc12. The molecule has 3 saturated heterocycles. The van der Waals surface area contributed by atoms with Crippen molar-refractivity contribution < 1.29 is 14.3 Å². The second kappa shape index (κ2) is 7.21. The van der Waals surface area contributed by atoms with Gasteiger partial charge in [0.15, 0.2) is 0 Å². The van der Waals surface area contributed by atoms with Crippen molar-refractivity contribution in [3.05, 3.63) is 36.0 Å². The summed E-state index contributed by atoms with van der Waals surface area (Å²) >= 11 is 0. The van der Waals surface area contributed by atoms with Gasteiger partial charge < -0.3 is 9.47 Å². The van der Waals surface area contributed by atoms with Crippen molar-refractivity contribution >= 4 is 16.9 Å². The molecule has 5 rings (SSSR count). The van der Waals surface area contributed by atoms with E-state index in [4.69, 9.17) is 15.9 Å². The van der Waals surface area contributed by atoms with Gasteiger partial charge in [-0.3, -0.25) is 14.7 Å². The zero-order chi connectivity index (χ0) is 19.0. The molecule has 0 N–H and O–H groups in total. The summed E-state index contributed by atoms with van der Waals surface area (Å²) in [6.07, 6.45) is 9.22. The maximum Gasteiger partial charge on any atom is 0.303 e. The molecule has 4 heterocycles. The normalized spacial score (nSPS) is 27.7. The van der Waals surface area contributed by atoms with E-state index in [0.717, 1.165) is 48.1 Å². The molecular weight excluding hydrogens is 340 g/mol. The number of ether oxygens (including phenoxy) is 2. The molecule has 1 unspecified atom stereocenters. The molecule has 0 radical (unpaired) electrons. The van der Waals surface area contributed by atoms with E-state index >= 15 is 0 Å². The first kappa shape index (κ1) is 17.8. The van der Waals surface area contributed by atoms with Crippen LogP contribution in [0.1, 0.15) is 31.4 Å². The summed E-state index contributed by atoms with van der Waals surface area (Å²) < 4.78 is 11.3. The van der Waals surface area contributed by atoms with Gasteiger partial charge in [0.1, 0.15) is 11.9 Å². The van der Waals surface area contributed by atoms with E-state index in [9.17, 15) is 4.79 Å². The Balaban J connectivity index is 1.77. The average Bonchev–Trinajstić information content (AvgIpc) is 2.71. The maximum atomic E-state index is 11.9. The van der Waals surface area contributed by atoms with Crippen LogP contribution in [0.2, 0.25) is 0 Å². The van der Waals surface area contributed by atoms with Crippen molar-refractivity contribution in [1.29, 1.82) is 0 Å². The van der Waals surface area contributed by atoms with E-state index in [-0.39, 0.29) is 18.1 Å². The number of hydrogen-bond donors (Lipinski definition) is 0. The van der Waals surface area contributed by atoms with Gasteiger partial charge in [-0.25, -0.2) is 0 Å². The van der Waals surface area contributed by atoms with Crippen LogP contribution in [0.25, 0.3) is 10.9 Å². The highest BCUT2D eigenvalue weighted by atomic mass is 16.5. The highest BCUT2D eigenvalue weighted by Gasteiger charge is 2.44. The molecule has 0 saturated carbocycles. The van der Waals surface area contributed by atoms with Crippen LogP contribution >= 0.6 is 0 Å². The summed E-state index contributed by atoms with van der Waals surface area (Å²) in [4.78, 5) is 18.8. The summed E-state index contributed by atoms with van der Waals surface area (Å²) in [7, 11) is 1.65. The van der Waals surface area contributed by atoms with Gasteiger partial charge in [-0.2, -0.15) is 0 Å². The molecule has 1 aromatic heterocycles. The first-order chi connectivity index (χ1) is 13.1. The molecule has 3 fully saturated rings. The standard InChI is InChI=1S/C22H24N2O3/c1-4-15-13-24-10-8-16(15)11-21(24)22(27-14(2)25)18-7-9-23-20-6-5-17(26-3)12-19(18)20/h1,5-7,9,12,15-16,21-22H,8,10-11,13H2,2-3H3/t15-,16-,21+,22-/m0/s1. The molecule has 2 bridgehead atoms. The number of rotatable bonds is 4. The van der Waals surface area contributed by atoms with Crippen LogP contribution in [-0.2, 0) is 9.53 Å². The Morgan fingerprint density at radius 3 is 2.93 bits per heavy atom. The lowest BCUT2D eigenvalue weighted by molar-refractivity contribution is -0.154. The molecular formula is C22H24N2O3. The number of carbonyl (C=O) groups excluding carboxylic acids is 1. The Kier molecular flexibility index (Phi) is 4.75. The largest absolute Gasteiger partial charge is 0.497 e. The number of pyridine rings is 1. The van der Waals surface area contributed by atoms with Crippen molar-refractivity contribution in [1.82, 2.24) is 9.88 Å². The summed E-state index contributed by atoms with van der Waals surface area (Å²) in [5.41, 5.74) is 1.84. The van der Waals surface area contributed by atoms with Gasteiger partial charge in [-0.1, -0.05) is 0 Å². The molecule has 0 spiro atoms. The fourth-order valence-electron chi connectivity index (χ4n) is 4.62. The van der Waals surface area contributed by atoms with Gasteiger partial charge in [-0.15, -0.1) is 12.3 Å². The predicted molar refractivity (Wildman–Crippen MR) is 103 cm³/mol. The minimum Gasteiger partial charge on any atom is -0.497 e. The third-order valence-electron chi connectivity index (χ3n) is 5.95. The van der Waals surface area contributed by atoms with Crippen molar-refractivity contribution in [3.63, 3.8) is 0 Å². The lowest BCUT2D eigenvalue weighted by Crippen LogP contribution is -2.55. The monoisotopic (exact) mass is 364 g/mol. The predicted octanol–water partition coefficient (Wildman–Crippen LogP) is 3.19. The number of carbonyl (C=O) groups is 1. The molecule has 3 aliphatic rings. The zero-order valence-corrected chi connectivity index (χ0v) is 15.7. The van der Waals surface area contributed by atoms with Crippen LogP contribution in [0.5, 0.6) is 5.75 Å². The zero-order valence-electron chi connectivity index (χ0n) is 15.7. The van der Waals surface area contributed by atoms with Gasteiger partial charge in [0, 0.05) is 36.5 Å². The highest BCUT2D eigenvalue weighted by Crippen LogP contribution is 2.43. The number of esters is 1. The summed E-state index contributed by atoms with van der Waals surface area (Å²) in [6, 6.07) is 7.88. The highest BCUT2D eigenvalue weighted by molar-refractivity contribution is 5.84. The van der Waals surface area contributed by atoms with Gasteiger partial charge in [0.25, 0.3) is 0 Å². The first-order valence-electron chi connectivity index (χ1n) is 9.40. The van der Waals surface area contributed by atoms with E-state index < -0.39 is 0 Å². The van der Waals surface area contributed by atoms with Crippen LogP contribution in [0, 0.1) is 24.2 Å². The maximum absolute atomic E-state index is 11.9. The molecule has 27 heavy (non-hydrogen) atoms. The van der Waals surface area contributed by atoms with Crippen LogP contribution in [0.15, 0.2) is 30.5 Å². The number of fused-ring (bicyclic) bond motifs is 4. The van der Waals surface area contributed by atoms with Gasteiger partial charge in [0.2, 0.25) is 0 Å². The summed E-state index contributed by atoms with van der Waals surface area (Å²) in [5, 5.41) is 0.958. The summed E-state index contributed by atoms with van der Waals surface area (Å²) in [6.45, 7) is 3.34. The van der Waals surface area contributed by atoms with E-state index in [1.807, 2.05) is 24.3 Å². The molecule has 0 amide bonds. The third kappa shape index (κ3) is 3.26. The Morgan fingerprint density at radius 2 is 2.26 bits per heavy atom. The second-order valence-electron chi connectivity index (χ2n) is 7.43. The van der Waals surface area contributed by atoms with Crippen molar-refractivity contribution in [2.45, 2.75) is 31.9 Å². The lowest BCUT2D eigenvalue weighted by Gasteiger charge is -2.50. The lowest BCUT2D eigenvalue weighted by atomic mass is 9.74. The number of nitrogens with zero attached hydrogens (tertiary/aromatic N) is 2. The smallest absolute Gasteiger partial charge is 0.303 e. The number of aromatic nitrogens is 1. The Hall–Kier alpha value is -2.58. The molecule has 3 aliphatic heterocycles. The fraction of sp³-hybridized carbons (Fsp3) is 0.455. The van der Waals surface area contributed by atoms with Crippen LogP contribution in [0.4, 0.5) is 0 Å². The number of hydrogen-bond acceptors (Lipinski definition) is 5. The van der Waals surface area contributed by atoms with Gasteiger partial charge in [-0.05, 0) is 49.6 Å². The fourth-order valence-corrected chi connectivity index (χ4v) is 4.62. The molecule has 1 aromatic carbocycles. The van der Waals surface area contributed by atoms with Gasteiger partial charge >= 0.3 is 5.97 Å². The molecule has 0 aliphatic carbocycles. The van der Waals surface area contributed by atoms with Crippen LogP contribution in [0.3, 0.4) is 0 Å². The topological polar surface area (TPSA) is 51.7 Å². The minimum atomic E-state index is -0.346. The quantitative estimate of drug-likeness (QED) is 0.616. The number of piperidine rings is 3. The number of methoxy groups -OCH3 is 1. The van der Waals surface area contributed by atoms with Gasteiger partial charge in [0.05, 0.1) is 18.7 Å². The molecule has 5 atom stereocenters. The Labute approximate surface area is 159 Å². The molecule has 140 valence electrons. The molecule has 2 aromatic rings. The van der Waals surface area contributed by atoms with Crippen molar-refractivity contribution in [3.8, 4) is 18.1 Å². The second-order valence-corrected chi connectivity index (χ2v) is 7.43. The summed E-state index contributed by atoms with van der Waals surface area (Å²) in [5.74, 6) is 4.22. The molecule has 5 heteroatoms. The van der Waals surface area contributed by atoms with Crippen LogP contribution < -0.4 is 4.74 Å². The third-order valence-corrected chi connectivity index (χ3v) is 5.95. The van der Waals surface area contributed by atoms with Crippen molar-refractivity contribution in [2.75, 3.05) is 20.2 Å². The average molecular weight is 364 g/mol. The van der Waals surface area contributed by atoms with Crippen molar-refractivity contribution in [2.24, 2.45) is 11.8 Å². The minimum absolute atomic E-state index is 0.133. The van der Waals surface area contributed by atoms with E-state index in [0.29, 0.717) is 11.8 Å². The first-order valence-corrected chi connectivity index (χ1v) is 9.40. The van der Waals surface area contributed by atoms with E-state index in [1.165, 1.54) is 6.92 Å². The van der Waals surface area contributed by atoms with E-state index in [1.54, 1.807) is 13.3 Å². The number of benzene rings is 1. The van der Waals surface area contributed by atoms with E-state index in [2.05, 4.69) is 15.8 Å². The number of terminal acetylenes is 1.